The number of carbonyl (C=O) groups excluding carboxylic acids is 1. The number of phenolic OH excluding ortho intramolecular Hbond substituents is 1. The van der Waals surface area contributed by atoms with Gasteiger partial charge < -0.3 is 15.2 Å². The van der Waals surface area contributed by atoms with Crippen LogP contribution in [0.5, 0.6) is 11.5 Å². The van der Waals surface area contributed by atoms with Gasteiger partial charge in [0.2, 0.25) is 0 Å². The summed E-state index contributed by atoms with van der Waals surface area (Å²) in [6, 6.07) is 11.9. The fraction of sp³-hybridized carbons (Fsp3) is 0.133. The van der Waals surface area contributed by atoms with Crippen molar-refractivity contribution in [3.05, 3.63) is 53.6 Å². The molecule has 0 radical (unpaired) electrons. The molecule has 2 rings (SSSR count). The van der Waals surface area contributed by atoms with Gasteiger partial charge in [-0.15, -0.1) is 0 Å². The van der Waals surface area contributed by atoms with Gasteiger partial charge in [0.05, 0.1) is 12.8 Å². The minimum absolute atomic E-state index is 0.175. The highest BCUT2D eigenvalue weighted by Crippen LogP contribution is 2.24. The van der Waals surface area contributed by atoms with Gasteiger partial charge in [0.15, 0.2) is 0 Å². The number of rotatable bonds is 3. The summed E-state index contributed by atoms with van der Waals surface area (Å²) >= 11 is 0. The van der Waals surface area contributed by atoms with Crippen LogP contribution in [0.15, 0.2) is 42.5 Å². The number of hydrogen-bond acceptors (Lipinski definition) is 3. The van der Waals surface area contributed by atoms with E-state index in [2.05, 4.69) is 5.32 Å². The Balaban J connectivity index is 2.23. The van der Waals surface area contributed by atoms with Gasteiger partial charge in [-0.1, -0.05) is 12.1 Å². The van der Waals surface area contributed by atoms with E-state index in [4.69, 9.17) is 4.74 Å². The van der Waals surface area contributed by atoms with Gasteiger partial charge in [-0.05, 0) is 42.8 Å². The Morgan fingerprint density at radius 3 is 2.63 bits per heavy atom. The molecule has 2 aromatic carbocycles. The molecule has 98 valence electrons. The summed E-state index contributed by atoms with van der Waals surface area (Å²) in [5, 5.41) is 12.2. The first-order valence-electron chi connectivity index (χ1n) is 5.86. The van der Waals surface area contributed by atoms with Gasteiger partial charge in [0.25, 0.3) is 5.91 Å². The Labute approximate surface area is 111 Å². The van der Waals surface area contributed by atoms with Crippen molar-refractivity contribution >= 4 is 11.6 Å². The van der Waals surface area contributed by atoms with E-state index in [9.17, 15) is 9.90 Å². The predicted octanol–water partition coefficient (Wildman–Crippen LogP) is 2.96. The highest BCUT2D eigenvalue weighted by atomic mass is 16.5. The lowest BCUT2D eigenvalue weighted by atomic mass is 10.1. The van der Waals surface area contributed by atoms with Gasteiger partial charge >= 0.3 is 0 Å². The molecule has 0 atom stereocenters. The van der Waals surface area contributed by atoms with Gasteiger partial charge in [0, 0.05) is 5.56 Å². The van der Waals surface area contributed by atoms with Gasteiger partial charge in [-0.25, -0.2) is 0 Å². The third-order valence-electron chi connectivity index (χ3n) is 2.81. The molecule has 0 aliphatic carbocycles. The second-order valence-corrected chi connectivity index (χ2v) is 4.16. The Morgan fingerprint density at radius 1 is 1.21 bits per heavy atom. The maximum absolute atomic E-state index is 12.1. The molecule has 0 saturated carbocycles. The minimum Gasteiger partial charge on any atom is -0.508 e. The second-order valence-electron chi connectivity index (χ2n) is 4.16. The summed E-state index contributed by atoms with van der Waals surface area (Å²) in [4.78, 5) is 12.1. The fourth-order valence-corrected chi connectivity index (χ4v) is 1.74. The van der Waals surface area contributed by atoms with E-state index in [0.717, 1.165) is 0 Å². The number of carbonyl (C=O) groups is 1. The molecule has 4 heteroatoms. The molecular formula is C15H15NO3. The average Bonchev–Trinajstić information content (AvgIpc) is 2.42. The number of anilines is 1. The fourth-order valence-electron chi connectivity index (χ4n) is 1.74. The van der Waals surface area contributed by atoms with Crippen LogP contribution in [0.3, 0.4) is 0 Å². The Bertz CT molecular complexity index is 608. The molecule has 0 unspecified atom stereocenters. The minimum atomic E-state index is -0.243. The number of hydrogen-bond donors (Lipinski definition) is 2. The molecule has 0 fully saturated rings. The maximum atomic E-state index is 12.1. The van der Waals surface area contributed by atoms with Crippen LogP contribution in [-0.4, -0.2) is 18.1 Å². The van der Waals surface area contributed by atoms with Crippen molar-refractivity contribution in [1.82, 2.24) is 0 Å². The normalized spacial score (nSPS) is 10.0. The van der Waals surface area contributed by atoms with Crippen molar-refractivity contribution in [2.75, 3.05) is 12.4 Å². The number of para-hydroxylation sites is 2. The summed E-state index contributed by atoms with van der Waals surface area (Å²) in [6.07, 6.45) is 0. The number of ether oxygens (including phenoxy) is 1. The van der Waals surface area contributed by atoms with E-state index in [-0.39, 0.29) is 11.7 Å². The van der Waals surface area contributed by atoms with Crippen molar-refractivity contribution in [3.8, 4) is 11.5 Å². The third-order valence-corrected chi connectivity index (χ3v) is 2.81. The topological polar surface area (TPSA) is 58.6 Å². The number of amides is 1. The van der Waals surface area contributed by atoms with Gasteiger partial charge in [-0.3, -0.25) is 4.79 Å². The van der Waals surface area contributed by atoms with Crippen molar-refractivity contribution in [3.63, 3.8) is 0 Å². The summed E-state index contributed by atoms with van der Waals surface area (Å²) < 4.78 is 5.17. The van der Waals surface area contributed by atoms with E-state index < -0.39 is 0 Å². The maximum Gasteiger partial charge on any atom is 0.255 e. The predicted molar refractivity (Wildman–Crippen MR) is 73.8 cm³/mol. The number of aromatic hydroxyl groups is 1. The number of phenols is 1. The molecule has 2 aromatic rings. The smallest absolute Gasteiger partial charge is 0.255 e. The van der Waals surface area contributed by atoms with Crippen LogP contribution in [0, 0.1) is 6.92 Å². The first-order valence-corrected chi connectivity index (χ1v) is 5.86. The molecule has 0 bridgehead atoms. The van der Waals surface area contributed by atoms with Gasteiger partial charge in [0.1, 0.15) is 11.5 Å². The lowest BCUT2D eigenvalue weighted by Gasteiger charge is -2.10. The van der Waals surface area contributed by atoms with Crippen molar-refractivity contribution in [2.24, 2.45) is 0 Å². The molecule has 0 aliphatic rings. The van der Waals surface area contributed by atoms with Crippen molar-refractivity contribution < 1.29 is 14.6 Å². The number of methoxy groups -OCH3 is 1. The highest BCUT2D eigenvalue weighted by Gasteiger charge is 2.10. The molecule has 0 saturated heterocycles. The molecule has 0 spiro atoms. The summed E-state index contributed by atoms with van der Waals surface area (Å²) in [5.74, 6) is 0.535. The first kappa shape index (κ1) is 13.0. The average molecular weight is 257 g/mol. The Kier molecular flexibility index (Phi) is 3.71. The Hall–Kier alpha value is -2.49. The third kappa shape index (κ3) is 2.85. The zero-order valence-electron chi connectivity index (χ0n) is 10.8. The zero-order valence-corrected chi connectivity index (χ0v) is 10.8. The van der Waals surface area contributed by atoms with Crippen LogP contribution in [0.2, 0.25) is 0 Å². The standard InChI is InChI=1S/C15H15NO3/c1-10-9-11(7-8-13(10)17)15(18)16-12-5-3-4-6-14(12)19-2/h3-9,17H,1-2H3,(H,16,18). The summed E-state index contributed by atoms with van der Waals surface area (Å²) in [7, 11) is 1.55. The molecule has 0 heterocycles. The van der Waals surface area contributed by atoms with E-state index >= 15 is 0 Å². The largest absolute Gasteiger partial charge is 0.508 e. The lowest BCUT2D eigenvalue weighted by molar-refractivity contribution is 0.102. The summed E-state index contributed by atoms with van der Waals surface area (Å²) in [6.45, 7) is 1.75. The SMILES string of the molecule is COc1ccccc1NC(=O)c1ccc(O)c(C)c1. The Morgan fingerprint density at radius 2 is 1.95 bits per heavy atom. The quantitative estimate of drug-likeness (QED) is 0.888. The van der Waals surface area contributed by atoms with E-state index in [0.29, 0.717) is 22.6 Å². The van der Waals surface area contributed by atoms with Crippen LogP contribution >= 0.6 is 0 Å². The molecule has 19 heavy (non-hydrogen) atoms. The molecule has 0 aliphatic heterocycles. The lowest BCUT2D eigenvalue weighted by Crippen LogP contribution is -2.12. The molecule has 4 nitrogen and oxygen atoms in total. The van der Waals surface area contributed by atoms with Crippen molar-refractivity contribution in [1.29, 1.82) is 0 Å². The zero-order chi connectivity index (χ0) is 13.8. The molecule has 1 amide bonds. The van der Waals surface area contributed by atoms with Crippen LogP contribution in [0.25, 0.3) is 0 Å². The van der Waals surface area contributed by atoms with E-state index in [1.165, 1.54) is 6.07 Å². The molecule has 0 aromatic heterocycles. The number of benzene rings is 2. The molecular weight excluding hydrogens is 242 g/mol. The summed E-state index contributed by atoms with van der Waals surface area (Å²) in [5.41, 5.74) is 1.76. The van der Waals surface area contributed by atoms with Gasteiger partial charge in [-0.2, -0.15) is 0 Å². The molecule has 2 N–H and O–H groups in total. The monoisotopic (exact) mass is 257 g/mol. The van der Waals surface area contributed by atoms with E-state index in [1.54, 1.807) is 38.3 Å². The number of nitrogens with one attached hydrogen (secondary N) is 1. The van der Waals surface area contributed by atoms with Crippen molar-refractivity contribution in [2.45, 2.75) is 6.92 Å². The first-order chi connectivity index (χ1) is 9.11. The highest BCUT2D eigenvalue weighted by molar-refractivity contribution is 6.05. The van der Waals surface area contributed by atoms with Crippen LogP contribution in [0.1, 0.15) is 15.9 Å². The second kappa shape index (κ2) is 5.44. The number of aryl methyl sites for hydroxylation is 1. The van der Waals surface area contributed by atoms with E-state index in [1.807, 2.05) is 12.1 Å². The van der Waals surface area contributed by atoms with Crippen LogP contribution < -0.4 is 10.1 Å². The van der Waals surface area contributed by atoms with Crippen LogP contribution in [0.4, 0.5) is 5.69 Å². The van der Waals surface area contributed by atoms with Crippen LogP contribution in [-0.2, 0) is 0 Å².